The van der Waals surface area contributed by atoms with Crippen molar-refractivity contribution in [3.05, 3.63) is 30.1 Å². The van der Waals surface area contributed by atoms with Gasteiger partial charge in [0, 0.05) is 12.4 Å². The fraction of sp³-hybridized carbons (Fsp3) is 0.571. The van der Waals surface area contributed by atoms with Gasteiger partial charge in [0.15, 0.2) is 0 Å². The first kappa shape index (κ1) is 12.1. The van der Waals surface area contributed by atoms with Crippen LogP contribution in [0, 0.1) is 11.3 Å². The lowest BCUT2D eigenvalue weighted by molar-refractivity contribution is -0.151. The van der Waals surface area contributed by atoms with Gasteiger partial charge in [0.05, 0.1) is 5.41 Å². The number of pyridine rings is 1. The summed E-state index contributed by atoms with van der Waals surface area (Å²) in [5.41, 5.74) is 0.472. The summed E-state index contributed by atoms with van der Waals surface area (Å²) in [4.78, 5) is 15.6. The van der Waals surface area contributed by atoms with Crippen molar-refractivity contribution < 1.29 is 9.90 Å². The maximum atomic E-state index is 11.6. The van der Waals surface area contributed by atoms with E-state index in [4.69, 9.17) is 0 Å². The molecule has 1 aliphatic rings. The molecule has 1 N–H and O–H groups in total. The maximum absolute atomic E-state index is 11.6. The standard InChI is InChI=1S/C14H19NO2/c1-11-4-6-14(7-5-11,13(16)17)9-12-3-2-8-15-10-12/h2-3,8,10-11H,4-7,9H2,1H3,(H,16,17). The number of carbonyl (C=O) groups is 1. The Morgan fingerprint density at radius 3 is 2.76 bits per heavy atom. The molecule has 0 amide bonds. The summed E-state index contributed by atoms with van der Waals surface area (Å²) >= 11 is 0. The Morgan fingerprint density at radius 2 is 2.24 bits per heavy atom. The third kappa shape index (κ3) is 2.65. The van der Waals surface area contributed by atoms with Gasteiger partial charge in [0.1, 0.15) is 0 Å². The quantitative estimate of drug-likeness (QED) is 0.873. The highest BCUT2D eigenvalue weighted by Crippen LogP contribution is 2.41. The van der Waals surface area contributed by atoms with E-state index in [-0.39, 0.29) is 0 Å². The Bertz CT molecular complexity index is 380. The Labute approximate surface area is 102 Å². The first-order valence-corrected chi connectivity index (χ1v) is 6.25. The van der Waals surface area contributed by atoms with E-state index in [1.165, 1.54) is 0 Å². The summed E-state index contributed by atoms with van der Waals surface area (Å²) < 4.78 is 0. The van der Waals surface area contributed by atoms with Crippen molar-refractivity contribution in [1.82, 2.24) is 4.98 Å². The van der Waals surface area contributed by atoms with Crippen molar-refractivity contribution >= 4 is 5.97 Å². The number of nitrogens with zero attached hydrogens (tertiary/aromatic N) is 1. The van der Waals surface area contributed by atoms with Gasteiger partial charge in [-0.05, 0) is 49.7 Å². The molecule has 17 heavy (non-hydrogen) atoms. The molecule has 0 unspecified atom stereocenters. The molecule has 1 fully saturated rings. The highest BCUT2D eigenvalue weighted by atomic mass is 16.4. The molecule has 3 nitrogen and oxygen atoms in total. The van der Waals surface area contributed by atoms with Crippen molar-refractivity contribution in [3.8, 4) is 0 Å². The Morgan fingerprint density at radius 1 is 1.53 bits per heavy atom. The minimum absolute atomic E-state index is 0.560. The van der Waals surface area contributed by atoms with Crippen LogP contribution in [0.4, 0.5) is 0 Å². The molecule has 3 heteroatoms. The average Bonchev–Trinajstić information content (AvgIpc) is 2.33. The highest BCUT2D eigenvalue weighted by Gasteiger charge is 2.41. The molecule has 92 valence electrons. The summed E-state index contributed by atoms with van der Waals surface area (Å²) in [6, 6.07) is 3.84. The van der Waals surface area contributed by atoms with Crippen LogP contribution in [0.1, 0.15) is 38.2 Å². The number of aromatic nitrogens is 1. The molecular formula is C14H19NO2. The smallest absolute Gasteiger partial charge is 0.309 e. The topological polar surface area (TPSA) is 50.2 Å². The average molecular weight is 233 g/mol. The monoisotopic (exact) mass is 233 g/mol. The molecule has 0 saturated heterocycles. The van der Waals surface area contributed by atoms with Gasteiger partial charge in [-0.3, -0.25) is 9.78 Å². The third-order valence-corrected chi connectivity index (χ3v) is 3.95. The second-order valence-corrected chi connectivity index (χ2v) is 5.31. The first-order valence-electron chi connectivity index (χ1n) is 6.25. The van der Waals surface area contributed by atoms with Crippen LogP contribution < -0.4 is 0 Å². The second-order valence-electron chi connectivity index (χ2n) is 5.31. The van der Waals surface area contributed by atoms with Crippen molar-refractivity contribution in [2.24, 2.45) is 11.3 Å². The Balaban J connectivity index is 2.15. The fourth-order valence-electron chi connectivity index (χ4n) is 2.67. The van der Waals surface area contributed by atoms with Crippen LogP contribution in [-0.4, -0.2) is 16.1 Å². The van der Waals surface area contributed by atoms with E-state index < -0.39 is 11.4 Å². The first-order chi connectivity index (χ1) is 8.12. The zero-order chi connectivity index (χ0) is 12.3. The third-order valence-electron chi connectivity index (χ3n) is 3.95. The van der Waals surface area contributed by atoms with Crippen LogP contribution >= 0.6 is 0 Å². The summed E-state index contributed by atoms with van der Waals surface area (Å²) in [6.45, 7) is 2.20. The molecular weight excluding hydrogens is 214 g/mol. The lowest BCUT2D eigenvalue weighted by Crippen LogP contribution is -2.37. The van der Waals surface area contributed by atoms with E-state index in [9.17, 15) is 9.90 Å². The van der Waals surface area contributed by atoms with Crippen molar-refractivity contribution in [3.63, 3.8) is 0 Å². The molecule has 0 bridgehead atoms. The van der Waals surface area contributed by atoms with E-state index in [0.717, 1.165) is 31.2 Å². The Kier molecular flexibility index (Phi) is 3.46. The predicted molar refractivity (Wildman–Crippen MR) is 65.6 cm³/mol. The zero-order valence-electron chi connectivity index (χ0n) is 10.2. The summed E-state index contributed by atoms with van der Waals surface area (Å²) in [6.07, 6.45) is 7.74. The van der Waals surface area contributed by atoms with E-state index >= 15 is 0 Å². The number of hydrogen-bond acceptors (Lipinski definition) is 2. The van der Waals surface area contributed by atoms with Crippen molar-refractivity contribution in [1.29, 1.82) is 0 Å². The maximum Gasteiger partial charge on any atom is 0.309 e. The molecule has 1 heterocycles. The molecule has 1 aliphatic carbocycles. The number of carboxylic acid groups (broad SMARTS) is 1. The van der Waals surface area contributed by atoms with Crippen LogP contribution in [0.2, 0.25) is 0 Å². The SMILES string of the molecule is CC1CCC(Cc2cccnc2)(C(=O)O)CC1. The fourth-order valence-corrected chi connectivity index (χ4v) is 2.67. The van der Waals surface area contributed by atoms with E-state index in [0.29, 0.717) is 12.3 Å². The van der Waals surface area contributed by atoms with Crippen molar-refractivity contribution in [2.75, 3.05) is 0 Å². The highest BCUT2D eigenvalue weighted by molar-refractivity contribution is 5.75. The van der Waals surface area contributed by atoms with Gasteiger partial charge in [0.2, 0.25) is 0 Å². The molecule has 1 aromatic rings. The van der Waals surface area contributed by atoms with Gasteiger partial charge in [-0.25, -0.2) is 0 Å². The van der Waals surface area contributed by atoms with Gasteiger partial charge < -0.3 is 5.11 Å². The lowest BCUT2D eigenvalue weighted by atomic mass is 9.68. The Hall–Kier alpha value is -1.38. The normalized spacial score (nSPS) is 28.9. The molecule has 0 spiro atoms. The van der Waals surface area contributed by atoms with Gasteiger partial charge in [0.25, 0.3) is 0 Å². The van der Waals surface area contributed by atoms with E-state index in [1.807, 2.05) is 12.1 Å². The minimum atomic E-state index is -0.645. The summed E-state index contributed by atoms with van der Waals surface area (Å²) in [5.74, 6) is 0.0182. The molecule has 0 aromatic carbocycles. The predicted octanol–water partition coefficient (Wildman–Crippen LogP) is 2.91. The molecule has 0 radical (unpaired) electrons. The van der Waals surface area contributed by atoms with E-state index in [2.05, 4.69) is 11.9 Å². The van der Waals surface area contributed by atoms with Gasteiger partial charge in [-0.2, -0.15) is 0 Å². The molecule has 1 aromatic heterocycles. The number of carboxylic acids is 1. The number of hydrogen-bond donors (Lipinski definition) is 1. The zero-order valence-corrected chi connectivity index (χ0v) is 10.2. The molecule has 2 rings (SSSR count). The van der Waals surface area contributed by atoms with E-state index in [1.54, 1.807) is 12.4 Å². The van der Waals surface area contributed by atoms with Crippen LogP contribution in [0.3, 0.4) is 0 Å². The van der Waals surface area contributed by atoms with Crippen LogP contribution in [0.25, 0.3) is 0 Å². The minimum Gasteiger partial charge on any atom is -0.481 e. The molecule has 1 saturated carbocycles. The van der Waals surface area contributed by atoms with Crippen molar-refractivity contribution in [2.45, 2.75) is 39.0 Å². The molecule has 0 atom stereocenters. The van der Waals surface area contributed by atoms with Crippen LogP contribution in [0.15, 0.2) is 24.5 Å². The number of rotatable bonds is 3. The lowest BCUT2D eigenvalue weighted by Gasteiger charge is -2.35. The van der Waals surface area contributed by atoms with Gasteiger partial charge >= 0.3 is 5.97 Å². The van der Waals surface area contributed by atoms with Crippen LogP contribution in [-0.2, 0) is 11.2 Å². The largest absolute Gasteiger partial charge is 0.481 e. The van der Waals surface area contributed by atoms with Gasteiger partial charge in [-0.1, -0.05) is 13.0 Å². The summed E-state index contributed by atoms with van der Waals surface area (Å²) in [7, 11) is 0. The molecule has 0 aliphatic heterocycles. The van der Waals surface area contributed by atoms with Crippen LogP contribution in [0.5, 0.6) is 0 Å². The second kappa shape index (κ2) is 4.86. The van der Waals surface area contributed by atoms with Gasteiger partial charge in [-0.15, -0.1) is 0 Å². The number of aliphatic carboxylic acids is 1. The summed E-state index contributed by atoms with van der Waals surface area (Å²) in [5, 5.41) is 9.52.